The minimum absolute atomic E-state index is 0.392. The number of nitrogens with one attached hydrogen (secondary N) is 1. The molecule has 4 rings (SSSR count). The predicted octanol–water partition coefficient (Wildman–Crippen LogP) is 2.30. The van der Waals surface area contributed by atoms with Crippen LogP contribution >= 0.6 is 11.6 Å². The molecule has 178 valence electrons. The first kappa shape index (κ1) is 25.3. The predicted molar refractivity (Wildman–Crippen MR) is 124 cm³/mol. The second kappa shape index (κ2) is 11.7. The molecule has 0 fully saturated rings. The van der Waals surface area contributed by atoms with Crippen molar-refractivity contribution in [3.63, 3.8) is 0 Å². The molecule has 9 nitrogen and oxygen atoms in total. The van der Waals surface area contributed by atoms with E-state index in [1.807, 2.05) is 24.3 Å². The third kappa shape index (κ3) is 6.36. The minimum atomic E-state index is -2.27. The maximum absolute atomic E-state index is 9.77. The first-order chi connectivity index (χ1) is 16.3. The van der Waals surface area contributed by atoms with Gasteiger partial charge < -0.3 is 25.7 Å². The third-order valence-electron chi connectivity index (χ3n) is 5.39. The Kier molecular flexibility index (Phi) is 8.67. The van der Waals surface area contributed by atoms with E-state index >= 15 is 0 Å². The Morgan fingerprint density at radius 1 is 1.00 bits per heavy atom. The molecule has 10 heteroatoms. The molecule has 2 heterocycles. The van der Waals surface area contributed by atoms with E-state index < -0.39 is 24.1 Å². The standard InChI is InChI=1S/C20H18ClN3.C4H6O6/c21-17-6-3-14(4-7-17)19-9-11-22-13-16-12-15(5-8-18(16)19)20-2-1-10-23-24-20;5-1(3(7)8)2(6)4(9)10/h1-8,10,12,19,22H,9,11,13H2;1-2,5-6H,(H,7,8)(H,9,10). The molecular formula is C24H24ClN3O6. The average molecular weight is 486 g/mol. The minimum Gasteiger partial charge on any atom is -0.479 e. The Hall–Kier alpha value is -3.37. The molecule has 3 unspecified atom stereocenters. The number of nitrogens with zero attached hydrogens (tertiary/aromatic N) is 2. The van der Waals surface area contributed by atoms with Gasteiger partial charge in [0.2, 0.25) is 0 Å². The Morgan fingerprint density at radius 2 is 1.68 bits per heavy atom. The number of hydrogen-bond donors (Lipinski definition) is 5. The van der Waals surface area contributed by atoms with Crippen molar-refractivity contribution in [2.75, 3.05) is 6.54 Å². The number of aliphatic carboxylic acids is 2. The van der Waals surface area contributed by atoms with Crippen molar-refractivity contribution in [2.24, 2.45) is 0 Å². The monoisotopic (exact) mass is 485 g/mol. The summed E-state index contributed by atoms with van der Waals surface area (Å²) in [7, 11) is 0. The van der Waals surface area contributed by atoms with E-state index in [-0.39, 0.29) is 0 Å². The normalized spacial score (nSPS) is 16.7. The van der Waals surface area contributed by atoms with Crippen LogP contribution in [0.2, 0.25) is 5.02 Å². The summed E-state index contributed by atoms with van der Waals surface area (Å²) < 4.78 is 0. The molecule has 34 heavy (non-hydrogen) atoms. The van der Waals surface area contributed by atoms with E-state index in [4.69, 9.17) is 32.0 Å². The average Bonchev–Trinajstić information content (AvgIpc) is 3.06. The van der Waals surface area contributed by atoms with Gasteiger partial charge in [-0.1, -0.05) is 35.9 Å². The Morgan fingerprint density at radius 3 is 2.26 bits per heavy atom. The highest BCUT2D eigenvalue weighted by atomic mass is 35.5. The summed E-state index contributed by atoms with van der Waals surface area (Å²) in [6, 6.07) is 18.8. The Bertz CT molecular complexity index is 1110. The molecule has 1 aromatic heterocycles. The Labute approximate surface area is 200 Å². The molecule has 2 aromatic carbocycles. The molecule has 1 aliphatic heterocycles. The molecule has 0 saturated carbocycles. The molecular weight excluding hydrogens is 462 g/mol. The highest BCUT2D eigenvalue weighted by Crippen LogP contribution is 2.34. The van der Waals surface area contributed by atoms with E-state index in [1.54, 1.807) is 6.20 Å². The molecule has 0 aliphatic carbocycles. The van der Waals surface area contributed by atoms with Gasteiger partial charge in [0.15, 0.2) is 12.2 Å². The molecule has 0 amide bonds. The van der Waals surface area contributed by atoms with Crippen molar-refractivity contribution in [3.05, 3.63) is 82.5 Å². The van der Waals surface area contributed by atoms with Gasteiger partial charge in [-0.3, -0.25) is 0 Å². The molecule has 1 aliphatic rings. The number of carboxylic acids is 2. The van der Waals surface area contributed by atoms with E-state index in [1.165, 1.54) is 16.7 Å². The maximum atomic E-state index is 9.77. The van der Waals surface area contributed by atoms with Crippen LogP contribution in [0.15, 0.2) is 60.8 Å². The van der Waals surface area contributed by atoms with E-state index in [0.29, 0.717) is 5.92 Å². The lowest BCUT2D eigenvalue weighted by molar-refractivity contribution is -0.165. The van der Waals surface area contributed by atoms with Crippen molar-refractivity contribution in [3.8, 4) is 11.3 Å². The lowest BCUT2D eigenvalue weighted by atomic mass is 9.86. The van der Waals surface area contributed by atoms with Gasteiger partial charge >= 0.3 is 11.9 Å². The first-order valence-corrected chi connectivity index (χ1v) is 10.8. The number of benzene rings is 2. The lowest BCUT2D eigenvalue weighted by Gasteiger charge is -2.18. The summed E-state index contributed by atoms with van der Waals surface area (Å²) in [6.07, 6.45) is -1.75. The zero-order valence-electron chi connectivity index (χ0n) is 18.0. The van der Waals surface area contributed by atoms with Crippen LogP contribution in [0.3, 0.4) is 0 Å². The number of halogens is 1. The van der Waals surface area contributed by atoms with Crippen molar-refractivity contribution < 1.29 is 30.0 Å². The van der Waals surface area contributed by atoms with Gasteiger partial charge in [-0.15, -0.1) is 0 Å². The zero-order valence-corrected chi connectivity index (χ0v) is 18.8. The quantitative estimate of drug-likeness (QED) is 0.366. The highest BCUT2D eigenvalue weighted by molar-refractivity contribution is 6.30. The fourth-order valence-electron chi connectivity index (χ4n) is 3.65. The summed E-state index contributed by atoms with van der Waals surface area (Å²) in [5, 5.41) is 45.0. The summed E-state index contributed by atoms with van der Waals surface area (Å²) >= 11 is 6.05. The summed E-state index contributed by atoms with van der Waals surface area (Å²) in [5.74, 6) is -3.15. The third-order valence-corrected chi connectivity index (χ3v) is 5.64. The van der Waals surface area contributed by atoms with Crippen LogP contribution in [-0.4, -0.2) is 61.3 Å². The van der Waals surface area contributed by atoms with E-state index in [2.05, 4.69) is 45.8 Å². The van der Waals surface area contributed by atoms with Gasteiger partial charge in [-0.2, -0.15) is 10.2 Å². The Balaban J connectivity index is 0.000000277. The van der Waals surface area contributed by atoms with Crippen LogP contribution in [0.1, 0.15) is 29.0 Å². The van der Waals surface area contributed by atoms with Gasteiger partial charge in [0.05, 0.1) is 5.69 Å². The maximum Gasteiger partial charge on any atom is 0.335 e. The van der Waals surface area contributed by atoms with Gasteiger partial charge in [0.25, 0.3) is 0 Å². The molecule has 3 aromatic rings. The molecule has 3 atom stereocenters. The van der Waals surface area contributed by atoms with Crippen LogP contribution in [-0.2, 0) is 16.1 Å². The zero-order chi connectivity index (χ0) is 24.7. The summed E-state index contributed by atoms with van der Waals surface area (Å²) in [5.41, 5.74) is 6.05. The SMILES string of the molecule is Clc1ccc(C2CCNCc3cc(-c4cccnn4)ccc32)cc1.O=C(O)C(O)C(O)C(=O)O. The van der Waals surface area contributed by atoms with Crippen LogP contribution in [0.4, 0.5) is 0 Å². The molecule has 5 N–H and O–H groups in total. The molecule has 0 saturated heterocycles. The second-order valence-corrected chi connectivity index (χ2v) is 8.09. The fraction of sp³-hybridized carbons (Fsp3) is 0.250. The smallest absolute Gasteiger partial charge is 0.335 e. The molecule has 0 bridgehead atoms. The highest BCUT2D eigenvalue weighted by Gasteiger charge is 2.29. The number of carbonyl (C=O) groups is 2. The number of aliphatic hydroxyl groups is 2. The van der Waals surface area contributed by atoms with Crippen LogP contribution < -0.4 is 5.32 Å². The first-order valence-electron chi connectivity index (χ1n) is 10.5. The van der Waals surface area contributed by atoms with Crippen LogP contribution in [0.5, 0.6) is 0 Å². The van der Waals surface area contributed by atoms with Gasteiger partial charge in [-0.25, -0.2) is 9.59 Å². The van der Waals surface area contributed by atoms with Crippen molar-refractivity contribution >= 4 is 23.5 Å². The largest absolute Gasteiger partial charge is 0.479 e. The van der Waals surface area contributed by atoms with Crippen molar-refractivity contribution in [1.82, 2.24) is 15.5 Å². The van der Waals surface area contributed by atoms with Crippen LogP contribution in [0, 0.1) is 0 Å². The lowest BCUT2D eigenvalue weighted by Crippen LogP contribution is -2.39. The summed E-state index contributed by atoms with van der Waals surface area (Å²) in [4.78, 5) is 19.5. The molecule has 0 spiro atoms. The number of carboxylic acid groups (broad SMARTS) is 2. The summed E-state index contributed by atoms with van der Waals surface area (Å²) in [6.45, 7) is 1.88. The topological polar surface area (TPSA) is 153 Å². The van der Waals surface area contributed by atoms with E-state index in [0.717, 1.165) is 35.8 Å². The van der Waals surface area contributed by atoms with E-state index in [9.17, 15) is 9.59 Å². The molecule has 0 radical (unpaired) electrons. The number of hydrogen-bond acceptors (Lipinski definition) is 7. The van der Waals surface area contributed by atoms with Gasteiger partial charge in [0.1, 0.15) is 0 Å². The number of rotatable bonds is 5. The van der Waals surface area contributed by atoms with Crippen molar-refractivity contribution in [2.45, 2.75) is 31.1 Å². The number of fused-ring (bicyclic) bond motifs is 1. The second-order valence-electron chi connectivity index (χ2n) is 7.66. The fourth-order valence-corrected chi connectivity index (χ4v) is 3.78. The number of aliphatic hydroxyl groups excluding tert-OH is 2. The van der Waals surface area contributed by atoms with Gasteiger partial charge in [-0.05, 0) is 60.0 Å². The van der Waals surface area contributed by atoms with Gasteiger partial charge in [0, 0.05) is 29.2 Å². The van der Waals surface area contributed by atoms with Crippen LogP contribution in [0.25, 0.3) is 11.3 Å². The number of aromatic nitrogens is 2. The van der Waals surface area contributed by atoms with Crippen molar-refractivity contribution in [1.29, 1.82) is 0 Å².